The van der Waals surface area contributed by atoms with Crippen molar-refractivity contribution in [3.8, 4) is 5.75 Å². The molecular weight excluding hydrogens is 213 g/mol. The zero-order valence-electron chi connectivity index (χ0n) is 8.79. The Bertz CT molecular complexity index is 358. The minimum atomic E-state index is -0.294. The summed E-state index contributed by atoms with van der Waals surface area (Å²) in [6.07, 6.45) is 0. The van der Waals surface area contributed by atoms with Crippen LogP contribution in [-0.2, 0) is 0 Å². The Kier molecular flexibility index (Phi) is 3.17. The molecule has 1 heterocycles. The lowest BCUT2D eigenvalue weighted by molar-refractivity contribution is 0.386. The Labute approximate surface area is 93.2 Å². The van der Waals surface area contributed by atoms with Crippen molar-refractivity contribution < 1.29 is 9.13 Å². The molecule has 1 N–H and O–H groups in total. The van der Waals surface area contributed by atoms with Crippen LogP contribution in [0.1, 0.15) is 17.9 Å². The van der Waals surface area contributed by atoms with Crippen LogP contribution in [0.4, 0.5) is 4.39 Å². The highest BCUT2D eigenvalue weighted by molar-refractivity contribution is 8.00. The van der Waals surface area contributed by atoms with E-state index in [1.807, 2.05) is 17.8 Å². The second kappa shape index (κ2) is 4.41. The fourth-order valence-electron chi connectivity index (χ4n) is 1.64. The quantitative estimate of drug-likeness (QED) is 0.839. The second-order valence-corrected chi connectivity index (χ2v) is 5.18. The zero-order chi connectivity index (χ0) is 10.8. The summed E-state index contributed by atoms with van der Waals surface area (Å²) in [5, 5.41) is 4.14. The number of thioether (sulfide) groups is 1. The topological polar surface area (TPSA) is 21.3 Å². The van der Waals surface area contributed by atoms with Crippen molar-refractivity contribution in [2.45, 2.75) is 17.5 Å². The number of halogens is 1. The van der Waals surface area contributed by atoms with Gasteiger partial charge >= 0.3 is 0 Å². The van der Waals surface area contributed by atoms with E-state index in [0.29, 0.717) is 11.0 Å². The van der Waals surface area contributed by atoms with Crippen LogP contribution < -0.4 is 10.1 Å². The third kappa shape index (κ3) is 2.26. The normalized spacial score (nSPS) is 25.5. The Morgan fingerprint density at radius 2 is 2.33 bits per heavy atom. The maximum absolute atomic E-state index is 13.4. The van der Waals surface area contributed by atoms with Crippen LogP contribution in [0.15, 0.2) is 18.2 Å². The minimum Gasteiger partial charge on any atom is -0.494 e. The van der Waals surface area contributed by atoms with Crippen molar-refractivity contribution in [1.29, 1.82) is 0 Å². The van der Waals surface area contributed by atoms with Crippen LogP contribution in [0.5, 0.6) is 5.75 Å². The Morgan fingerprint density at radius 1 is 1.53 bits per heavy atom. The molecule has 15 heavy (non-hydrogen) atoms. The highest BCUT2D eigenvalue weighted by atomic mass is 32.2. The third-order valence-corrected chi connectivity index (χ3v) is 3.78. The van der Waals surface area contributed by atoms with Gasteiger partial charge in [-0.15, -0.1) is 11.8 Å². The van der Waals surface area contributed by atoms with Crippen LogP contribution in [0.25, 0.3) is 0 Å². The third-order valence-electron chi connectivity index (χ3n) is 2.44. The molecule has 82 valence electrons. The van der Waals surface area contributed by atoms with E-state index in [1.165, 1.54) is 7.11 Å². The average Bonchev–Trinajstić information content (AvgIpc) is 2.65. The molecule has 0 aliphatic carbocycles. The molecule has 0 amide bonds. The van der Waals surface area contributed by atoms with Crippen molar-refractivity contribution in [1.82, 2.24) is 5.32 Å². The molecule has 1 fully saturated rings. The molecule has 1 saturated heterocycles. The Hall–Kier alpha value is -0.740. The molecule has 1 aliphatic heterocycles. The van der Waals surface area contributed by atoms with Gasteiger partial charge < -0.3 is 10.1 Å². The van der Waals surface area contributed by atoms with E-state index >= 15 is 0 Å². The van der Waals surface area contributed by atoms with E-state index in [1.54, 1.807) is 12.1 Å². The molecule has 0 saturated carbocycles. The summed E-state index contributed by atoms with van der Waals surface area (Å²) in [5.74, 6) is 0.00625. The first kappa shape index (κ1) is 10.8. The molecule has 2 atom stereocenters. The summed E-state index contributed by atoms with van der Waals surface area (Å²) in [6.45, 7) is 3.14. The smallest absolute Gasteiger partial charge is 0.165 e. The lowest BCUT2D eigenvalue weighted by Crippen LogP contribution is -2.14. The summed E-state index contributed by atoms with van der Waals surface area (Å²) in [4.78, 5) is 0. The summed E-state index contributed by atoms with van der Waals surface area (Å²) in [5.41, 5.74) is 0.975. The van der Waals surface area contributed by atoms with Crippen LogP contribution in [0, 0.1) is 5.82 Å². The molecule has 4 heteroatoms. The van der Waals surface area contributed by atoms with Crippen LogP contribution >= 0.6 is 11.8 Å². The van der Waals surface area contributed by atoms with Gasteiger partial charge in [-0.2, -0.15) is 0 Å². The molecule has 2 rings (SSSR count). The molecule has 0 spiro atoms. The Balaban J connectivity index is 2.19. The number of hydrogen-bond donors (Lipinski definition) is 1. The summed E-state index contributed by atoms with van der Waals surface area (Å²) in [7, 11) is 1.47. The first-order valence-corrected chi connectivity index (χ1v) is 5.87. The molecular formula is C11H14FNOS. The van der Waals surface area contributed by atoms with Gasteiger partial charge in [-0.3, -0.25) is 0 Å². The monoisotopic (exact) mass is 227 g/mol. The van der Waals surface area contributed by atoms with Crippen molar-refractivity contribution in [2.24, 2.45) is 0 Å². The lowest BCUT2D eigenvalue weighted by Gasteiger charge is -2.11. The number of hydrogen-bond acceptors (Lipinski definition) is 3. The summed E-state index contributed by atoms with van der Waals surface area (Å²) in [6, 6.07) is 5.13. The molecule has 1 aromatic carbocycles. The van der Waals surface area contributed by atoms with E-state index < -0.39 is 0 Å². The number of benzene rings is 1. The predicted octanol–water partition coefficient (Wildman–Crippen LogP) is 2.56. The zero-order valence-corrected chi connectivity index (χ0v) is 9.60. The number of nitrogens with one attached hydrogen (secondary N) is 1. The molecule has 2 nitrogen and oxygen atoms in total. The molecule has 1 aromatic rings. The SMILES string of the molecule is COc1ccc(C2NCC(C)S2)cc1F. The number of rotatable bonds is 2. The molecule has 0 bridgehead atoms. The van der Waals surface area contributed by atoms with E-state index in [4.69, 9.17) is 4.74 Å². The summed E-state index contributed by atoms with van der Waals surface area (Å²) >= 11 is 1.82. The minimum absolute atomic E-state index is 0.209. The fourth-order valence-corrected chi connectivity index (χ4v) is 2.80. The van der Waals surface area contributed by atoms with Crippen LogP contribution in [0.2, 0.25) is 0 Å². The summed E-state index contributed by atoms with van der Waals surface area (Å²) < 4.78 is 18.3. The van der Waals surface area contributed by atoms with Crippen molar-refractivity contribution >= 4 is 11.8 Å². The first-order valence-electron chi connectivity index (χ1n) is 4.93. The standard InChI is InChI=1S/C11H14FNOS/c1-7-6-13-11(15-7)8-3-4-10(14-2)9(12)5-8/h3-5,7,11,13H,6H2,1-2H3. The van der Waals surface area contributed by atoms with E-state index in [2.05, 4.69) is 12.2 Å². The van der Waals surface area contributed by atoms with Gasteiger partial charge in [0.25, 0.3) is 0 Å². The number of ether oxygens (including phenoxy) is 1. The van der Waals surface area contributed by atoms with Gasteiger partial charge in [0.05, 0.1) is 12.5 Å². The van der Waals surface area contributed by atoms with Crippen LogP contribution in [0.3, 0.4) is 0 Å². The van der Waals surface area contributed by atoms with E-state index in [9.17, 15) is 4.39 Å². The highest BCUT2D eigenvalue weighted by Gasteiger charge is 2.23. The van der Waals surface area contributed by atoms with Gasteiger partial charge in [0.15, 0.2) is 11.6 Å². The van der Waals surface area contributed by atoms with Gasteiger partial charge in [-0.25, -0.2) is 4.39 Å². The van der Waals surface area contributed by atoms with Crippen molar-refractivity contribution in [3.63, 3.8) is 0 Å². The number of methoxy groups -OCH3 is 1. The molecule has 1 aliphatic rings. The molecule has 2 unspecified atom stereocenters. The second-order valence-electron chi connectivity index (χ2n) is 3.63. The van der Waals surface area contributed by atoms with Crippen LogP contribution in [-0.4, -0.2) is 18.9 Å². The first-order chi connectivity index (χ1) is 7.20. The highest BCUT2D eigenvalue weighted by Crippen LogP contribution is 2.35. The predicted molar refractivity (Wildman–Crippen MR) is 60.7 cm³/mol. The lowest BCUT2D eigenvalue weighted by atomic mass is 10.2. The fraction of sp³-hybridized carbons (Fsp3) is 0.455. The van der Waals surface area contributed by atoms with Crippen molar-refractivity contribution in [2.75, 3.05) is 13.7 Å². The van der Waals surface area contributed by atoms with Gasteiger partial charge in [-0.05, 0) is 17.7 Å². The van der Waals surface area contributed by atoms with Gasteiger partial charge in [0.1, 0.15) is 0 Å². The Morgan fingerprint density at radius 3 is 2.87 bits per heavy atom. The average molecular weight is 227 g/mol. The van der Waals surface area contributed by atoms with Gasteiger partial charge in [0.2, 0.25) is 0 Å². The van der Waals surface area contributed by atoms with E-state index in [0.717, 1.165) is 12.1 Å². The maximum atomic E-state index is 13.4. The largest absolute Gasteiger partial charge is 0.494 e. The maximum Gasteiger partial charge on any atom is 0.165 e. The van der Waals surface area contributed by atoms with Gasteiger partial charge in [-0.1, -0.05) is 13.0 Å². The van der Waals surface area contributed by atoms with Gasteiger partial charge in [0, 0.05) is 11.8 Å². The molecule has 0 aromatic heterocycles. The van der Waals surface area contributed by atoms with E-state index in [-0.39, 0.29) is 11.2 Å². The molecule has 0 radical (unpaired) electrons. The van der Waals surface area contributed by atoms with Crippen molar-refractivity contribution in [3.05, 3.63) is 29.6 Å².